The van der Waals surface area contributed by atoms with E-state index in [9.17, 15) is 4.79 Å². The number of methoxy groups -OCH3 is 1. The van der Waals surface area contributed by atoms with Crippen LogP contribution in [0.25, 0.3) is 11.3 Å². The zero-order chi connectivity index (χ0) is 17.1. The van der Waals surface area contributed by atoms with Crippen LogP contribution in [0.1, 0.15) is 21.9 Å². The molecule has 124 valence electrons. The van der Waals surface area contributed by atoms with Crippen LogP contribution >= 0.6 is 0 Å². The maximum atomic E-state index is 11.9. The molecule has 0 unspecified atom stereocenters. The van der Waals surface area contributed by atoms with Crippen LogP contribution in [0.15, 0.2) is 40.8 Å². The third-order valence-electron chi connectivity index (χ3n) is 3.55. The Kier molecular flexibility index (Phi) is 4.33. The quantitative estimate of drug-likeness (QED) is 0.726. The van der Waals surface area contributed by atoms with Crippen molar-refractivity contribution in [3.63, 3.8) is 0 Å². The van der Waals surface area contributed by atoms with Crippen LogP contribution in [0.5, 0.6) is 0 Å². The maximum Gasteiger partial charge on any atom is 0.338 e. The van der Waals surface area contributed by atoms with Crippen molar-refractivity contribution in [2.45, 2.75) is 13.5 Å². The van der Waals surface area contributed by atoms with E-state index in [1.54, 1.807) is 16.8 Å². The molecule has 0 aliphatic heterocycles. The zero-order valence-electron chi connectivity index (χ0n) is 13.7. The minimum atomic E-state index is -0.392. The van der Waals surface area contributed by atoms with Gasteiger partial charge >= 0.3 is 5.97 Å². The van der Waals surface area contributed by atoms with E-state index in [4.69, 9.17) is 9.15 Å². The van der Waals surface area contributed by atoms with Crippen LogP contribution < -0.4 is 5.32 Å². The molecule has 0 amide bonds. The lowest BCUT2D eigenvalue weighted by atomic mass is 10.1. The number of aromatic nitrogens is 3. The van der Waals surface area contributed by atoms with Crippen molar-refractivity contribution in [1.29, 1.82) is 0 Å². The Labute approximate surface area is 139 Å². The molecule has 0 saturated carbocycles. The summed E-state index contributed by atoms with van der Waals surface area (Å²) in [7, 11) is 3.18. The molecule has 7 heteroatoms. The molecule has 1 aromatic carbocycles. The summed E-state index contributed by atoms with van der Waals surface area (Å²) in [6, 6.07) is 10.9. The molecule has 1 N–H and O–H groups in total. The van der Waals surface area contributed by atoms with Gasteiger partial charge in [0.1, 0.15) is 17.3 Å². The number of nitrogens with one attached hydrogen (secondary N) is 1. The van der Waals surface area contributed by atoms with Gasteiger partial charge in [-0.25, -0.2) is 9.48 Å². The van der Waals surface area contributed by atoms with E-state index in [-0.39, 0.29) is 0 Å². The summed E-state index contributed by atoms with van der Waals surface area (Å²) in [4.78, 5) is 16.1. The molecule has 0 bridgehead atoms. The van der Waals surface area contributed by atoms with Gasteiger partial charge in [-0.3, -0.25) is 0 Å². The third-order valence-corrected chi connectivity index (χ3v) is 3.55. The van der Waals surface area contributed by atoms with Crippen molar-refractivity contribution in [1.82, 2.24) is 14.8 Å². The number of hydrogen-bond acceptors (Lipinski definition) is 6. The summed E-state index contributed by atoms with van der Waals surface area (Å²) in [5, 5.41) is 7.34. The summed E-state index contributed by atoms with van der Waals surface area (Å²) in [6.07, 6.45) is 0. The van der Waals surface area contributed by atoms with Crippen LogP contribution in [0.2, 0.25) is 0 Å². The molecule has 2 heterocycles. The normalized spacial score (nSPS) is 10.6. The van der Waals surface area contributed by atoms with Gasteiger partial charge in [0.25, 0.3) is 0 Å². The van der Waals surface area contributed by atoms with Crippen molar-refractivity contribution in [2.75, 3.05) is 12.4 Å². The molecular formula is C17H18N4O3. The molecule has 24 heavy (non-hydrogen) atoms. The molecular weight excluding hydrogens is 308 g/mol. The summed E-state index contributed by atoms with van der Waals surface area (Å²) >= 11 is 0. The number of benzene rings is 1. The second kappa shape index (κ2) is 6.57. The predicted molar refractivity (Wildman–Crippen MR) is 88.6 cm³/mol. The van der Waals surface area contributed by atoms with E-state index in [0.29, 0.717) is 35.2 Å². The summed E-state index contributed by atoms with van der Waals surface area (Å²) in [5.41, 5.74) is 1.17. The second-order valence-electron chi connectivity index (χ2n) is 5.26. The molecule has 0 radical (unpaired) electrons. The van der Waals surface area contributed by atoms with E-state index < -0.39 is 5.97 Å². The predicted octanol–water partition coefficient (Wildman–Crippen LogP) is 2.78. The minimum Gasteiger partial charge on any atom is -0.465 e. The number of carbonyl (C=O) groups is 1. The fourth-order valence-corrected chi connectivity index (χ4v) is 2.44. The van der Waals surface area contributed by atoms with Gasteiger partial charge in [-0.15, -0.1) is 0 Å². The van der Waals surface area contributed by atoms with Crippen LogP contribution in [-0.2, 0) is 18.3 Å². The number of esters is 1. The van der Waals surface area contributed by atoms with Gasteiger partial charge in [0.05, 0.1) is 19.2 Å². The fraction of sp³-hybridized carbons (Fsp3) is 0.235. The second-order valence-corrected chi connectivity index (χ2v) is 5.26. The van der Waals surface area contributed by atoms with Gasteiger partial charge in [-0.2, -0.15) is 10.1 Å². The highest BCUT2D eigenvalue weighted by Crippen LogP contribution is 2.26. The molecule has 3 rings (SSSR count). The SMILES string of the molecule is COC(=O)c1ccccc1-c1ccc(CNc2nc(C)nn2C)o1. The Morgan fingerprint density at radius 2 is 2.08 bits per heavy atom. The highest BCUT2D eigenvalue weighted by Gasteiger charge is 2.15. The third kappa shape index (κ3) is 3.15. The lowest BCUT2D eigenvalue weighted by Gasteiger charge is -2.05. The Balaban J connectivity index is 1.79. The molecule has 0 fully saturated rings. The van der Waals surface area contributed by atoms with Gasteiger partial charge in [0.2, 0.25) is 5.95 Å². The van der Waals surface area contributed by atoms with E-state index >= 15 is 0 Å². The number of anilines is 1. The van der Waals surface area contributed by atoms with Crippen LogP contribution in [0.3, 0.4) is 0 Å². The lowest BCUT2D eigenvalue weighted by Crippen LogP contribution is -2.05. The minimum absolute atomic E-state index is 0.392. The fourth-order valence-electron chi connectivity index (χ4n) is 2.44. The van der Waals surface area contributed by atoms with Crippen molar-refractivity contribution in [3.8, 4) is 11.3 Å². The monoisotopic (exact) mass is 326 g/mol. The molecule has 2 aromatic heterocycles. The molecule has 0 aliphatic carbocycles. The lowest BCUT2D eigenvalue weighted by molar-refractivity contribution is 0.0601. The van der Waals surface area contributed by atoms with Gasteiger partial charge in [0, 0.05) is 12.6 Å². The molecule has 0 aliphatic rings. The Morgan fingerprint density at radius 3 is 2.79 bits per heavy atom. The number of nitrogens with zero attached hydrogens (tertiary/aromatic N) is 3. The first-order valence-corrected chi connectivity index (χ1v) is 7.46. The number of rotatable bonds is 5. The largest absolute Gasteiger partial charge is 0.465 e. The van der Waals surface area contributed by atoms with Crippen molar-refractivity contribution in [3.05, 3.63) is 53.5 Å². The average Bonchev–Trinajstić information content (AvgIpc) is 3.18. The maximum absolute atomic E-state index is 11.9. The number of ether oxygens (including phenoxy) is 1. The standard InChI is InChI=1S/C17H18N4O3/c1-11-19-17(21(2)20-11)18-10-12-8-9-15(24-12)13-6-4-5-7-14(13)16(22)23-3/h4-9H,10H2,1-3H3,(H,18,19,20). The Morgan fingerprint density at radius 1 is 1.29 bits per heavy atom. The summed E-state index contributed by atoms with van der Waals surface area (Å²) in [6.45, 7) is 2.30. The molecule has 3 aromatic rings. The van der Waals surface area contributed by atoms with E-state index in [1.807, 2.05) is 38.2 Å². The Bertz CT molecular complexity index is 866. The zero-order valence-corrected chi connectivity index (χ0v) is 13.7. The van der Waals surface area contributed by atoms with Crippen molar-refractivity contribution in [2.24, 2.45) is 7.05 Å². The first-order valence-electron chi connectivity index (χ1n) is 7.46. The average molecular weight is 326 g/mol. The Hall–Kier alpha value is -3.09. The topological polar surface area (TPSA) is 82.2 Å². The first kappa shape index (κ1) is 15.8. The smallest absolute Gasteiger partial charge is 0.338 e. The molecule has 0 saturated heterocycles. The molecule has 0 spiro atoms. The van der Waals surface area contributed by atoms with E-state index in [1.165, 1.54) is 7.11 Å². The van der Waals surface area contributed by atoms with E-state index in [0.717, 1.165) is 5.76 Å². The first-order chi connectivity index (χ1) is 11.6. The van der Waals surface area contributed by atoms with Gasteiger partial charge in [-0.1, -0.05) is 18.2 Å². The summed E-state index contributed by atoms with van der Waals surface area (Å²) in [5.74, 6) is 2.32. The van der Waals surface area contributed by atoms with Crippen molar-refractivity contribution >= 4 is 11.9 Å². The van der Waals surface area contributed by atoms with Crippen LogP contribution in [0, 0.1) is 6.92 Å². The van der Waals surface area contributed by atoms with Gasteiger partial charge < -0.3 is 14.5 Å². The van der Waals surface area contributed by atoms with Crippen molar-refractivity contribution < 1.29 is 13.9 Å². The number of carbonyl (C=O) groups excluding carboxylic acids is 1. The molecule has 7 nitrogen and oxygen atoms in total. The highest BCUT2D eigenvalue weighted by molar-refractivity contribution is 5.96. The van der Waals surface area contributed by atoms with Crippen LogP contribution in [-0.4, -0.2) is 27.8 Å². The van der Waals surface area contributed by atoms with Crippen LogP contribution in [0.4, 0.5) is 5.95 Å². The van der Waals surface area contributed by atoms with E-state index in [2.05, 4.69) is 15.4 Å². The molecule has 0 atom stereocenters. The highest BCUT2D eigenvalue weighted by atomic mass is 16.5. The van der Waals surface area contributed by atoms with Gasteiger partial charge in [0.15, 0.2) is 0 Å². The number of furan rings is 1. The summed E-state index contributed by atoms with van der Waals surface area (Å²) < 4.78 is 12.3. The number of aryl methyl sites for hydroxylation is 2. The number of hydrogen-bond donors (Lipinski definition) is 1. The van der Waals surface area contributed by atoms with Gasteiger partial charge in [-0.05, 0) is 25.1 Å².